The molecule has 27 heavy (non-hydrogen) atoms. The van der Waals surface area contributed by atoms with E-state index in [4.69, 9.17) is 4.74 Å². The van der Waals surface area contributed by atoms with E-state index in [1.807, 2.05) is 12.1 Å². The molecule has 3 amide bonds. The Morgan fingerprint density at radius 1 is 1.07 bits per heavy atom. The summed E-state index contributed by atoms with van der Waals surface area (Å²) in [6, 6.07) is 7.18. The Morgan fingerprint density at radius 3 is 2.37 bits per heavy atom. The summed E-state index contributed by atoms with van der Waals surface area (Å²) in [5.41, 5.74) is -0.0490. The number of nitrogens with zero attached hydrogens (tertiary/aromatic N) is 2. The van der Waals surface area contributed by atoms with Crippen molar-refractivity contribution in [3.05, 3.63) is 29.8 Å². The molecule has 8 heteroatoms. The molecule has 1 heterocycles. The van der Waals surface area contributed by atoms with Gasteiger partial charge in [0.2, 0.25) is 5.91 Å². The van der Waals surface area contributed by atoms with Crippen LogP contribution >= 0.6 is 12.6 Å². The zero-order valence-electron chi connectivity index (χ0n) is 16.0. The van der Waals surface area contributed by atoms with Crippen LogP contribution in [-0.2, 0) is 9.53 Å². The molecule has 1 N–H and O–H groups in total. The maximum Gasteiger partial charge on any atom is 0.408 e. The van der Waals surface area contributed by atoms with E-state index in [0.717, 1.165) is 0 Å². The molecule has 1 saturated heterocycles. The number of hydrogen-bond donors (Lipinski definition) is 2. The lowest BCUT2D eigenvalue weighted by atomic mass is 10.2. The van der Waals surface area contributed by atoms with Crippen molar-refractivity contribution < 1.29 is 19.1 Å². The van der Waals surface area contributed by atoms with Crippen molar-refractivity contribution in [1.29, 1.82) is 0 Å². The van der Waals surface area contributed by atoms with Gasteiger partial charge >= 0.3 is 6.09 Å². The van der Waals surface area contributed by atoms with E-state index in [0.29, 0.717) is 43.1 Å². The minimum absolute atomic E-state index is 0.0817. The maximum absolute atomic E-state index is 12.7. The molecule has 0 spiro atoms. The smallest absolute Gasteiger partial charge is 0.408 e. The molecule has 148 valence electrons. The van der Waals surface area contributed by atoms with Gasteiger partial charge in [-0.1, -0.05) is 12.1 Å². The van der Waals surface area contributed by atoms with E-state index >= 15 is 0 Å². The first-order valence-corrected chi connectivity index (χ1v) is 9.44. The van der Waals surface area contributed by atoms with Crippen LogP contribution in [0, 0.1) is 0 Å². The van der Waals surface area contributed by atoms with Crippen LogP contribution in [0.25, 0.3) is 0 Å². The number of amides is 3. The van der Waals surface area contributed by atoms with Crippen LogP contribution in [0.1, 0.15) is 37.6 Å². The van der Waals surface area contributed by atoms with Gasteiger partial charge in [-0.25, -0.2) is 4.79 Å². The lowest BCUT2D eigenvalue weighted by Crippen LogP contribution is -2.43. The largest absolute Gasteiger partial charge is 0.444 e. The topological polar surface area (TPSA) is 79.0 Å². The van der Waals surface area contributed by atoms with E-state index < -0.39 is 11.7 Å². The summed E-state index contributed by atoms with van der Waals surface area (Å²) in [4.78, 5) is 40.8. The number of rotatable bonds is 3. The fourth-order valence-electron chi connectivity index (χ4n) is 2.77. The van der Waals surface area contributed by atoms with Crippen molar-refractivity contribution in [2.45, 2.75) is 37.7 Å². The predicted octanol–water partition coefficient (Wildman–Crippen LogP) is 2.17. The normalized spacial score (nSPS) is 15.1. The first kappa shape index (κ1) is 21.1. The quantitative estimate of drug-likeness (QED) is 0.772. The molecule has 0 aromatic heterocycles. The summed E-state index contributed by atoms with van der Waals surface area (Å²) in [6.45, 7) is 7.15. The molecule has 1 aromatic rings. The Hall–Kier alpha value is -2.22. The molecule has 1 aliphatic heterocycles. The van der Waals surface area contributed by atoms with E-state index in [9.17, 15) is 14.4 Å². The Bertz CT molecular complexity index is 702. The fraction of sp³-hybridized carbons (Fsp3) is 0.526. The number of alkyl carbamates (subject to hydrolysis) is 1. The molecule has 2 rings (SSSR count). The van der Waals surface area contributed by atoms with Crippen LogP contribution in [0.3, 0.4) is 0 Å². The molecule has 0 bridgehead atoms. The third-order valence-corrected chi connectivity index (χ3v) is 4.44. The molecule has 0 unspecified atom stereocenters. The Balaban J connectivity index is 1.87. The molecule has 0 radical (unpaired) electrons. The van der Waals surface area contributed by atoms with Crippen LogP contribution in [0.15, 0.2) is 29.2 Å². The molecule has 0 atom stereocenters. The highest BCUT2D eigenvalue weighted by atomic mass is 32.1. The average molecular weight is 394 g/mol. The third-order valence-electron chi connectivity index (χ3n) is 4.05. The first-order valence-electron chi connectivity index (χ1n) is 8.99. The van der Waals surface area contributed by atoms with Crippen LogP contribution in [0.5, 0.6) is 0 Å². The van der Waals surface area contributed by atoms with Crippen molar-refractivity contribution in [1.82, 2.24) is 15.1 Å². The molecular weight excluding hydrogens is 366 g/mol. The number of carbonyl (C=O) groups is 3. The van der Waals surface area contributed by atoms with Gasteiger partial charge in [-0.3, -0.25) is 9.59 Å². The van der Waals surface area contributed by atoms with E-state index in [1.165, 1.54) is 0 Å². The van der Waals surface area contributed by atoms with Crippen molar-refractivity contribution in [3.8, 4) is 0 Å². The standard InChI is InChI=1S/C19H27N3O4S/c1-19(2,3)26-18(25)20-13-16(23)21-9-6-10-22(12-11-21)17(24)14-7-4-5-8-15(14)27/h4-5,7-8,27H,6,9-13H2,1-3H3,(H,20,25). The number of benzene rings is 1. The minimum atomic E-state index is -0.618. The summed E-state index contributed by atoms with van der Waals surface area (Å²) in [7, 11) is 0. The van der Waals surface area contributed by atoms with E-state index in [-0.39, 0.29) is 18.4 Å². The predicted molar refractivity (Wildman–Crippen MR) is 105 cm³/mol. The van der Waals surface area contributed by atoms with Crippen molar-refractivity contribution in [2.75, 3.05) is 32.7 Å². The number of thiol groups is 1. The van der Waals surface area contributed by atoms with E-state index in [2.05, 4.69) is 17.9 Å². The van der Waals surface area contributed by atoms with Gasteiger partial charge in [0.1, 0.15) is 12.1 Å². The monoisotopic (exact) mass is 393 g/mol. The maximum atomic E-state index is 12.7. The summed E-state index contributed by atoms with van der Waals surface area (Å²) in [6.07, 6.45) is 0.0615. The Labute approximate surface area is 165 Å². The summed E-state index contributed by atoms with van der Waals surface area (Å²) < 4.78 is 5.13. The van der Waals surface area contributed by atoms with Crippen LogP contribution in [0.4, 0.5) is 4.79 Å². The summed E-state index contributed by atoms with van der Waals surface area (Å²) in [5.74, 6) is -0.272. The third kappa shape index (κ3) is 6.46. The average Bonchev–Trinajstić information content (AvgIpc) is 2.84. The van der Waals surface area contributed by atoms with Crippen molar-refractivity contribution in [2.24, 2.45) is 0 Å². The van der Waals surface area contributed by atoms with Crippen LogP contribution in [0.2, 0.25) is 0 Å². The number of nitrogens with one attached hydrogen (secondary N) is 1. The molecule has 1 aromatic carbocycles. The van der Waals surface area contributed by atoms with Gasteiger partial charge < -0.3 is 19.9 Å². The second-order valence-corrected chi connectivity index (χ2v) is 7.88. The SMILES string of the molecule is CC(C)(C)OC(=O)NCC(=O)N1CCCN(C(=O)c2ccccc2S)CC1. The van der Waals surface area contributed by atoms with E-state index in [1.54, 1.807) is 42.7 Å². The molecule has 1 aliphatic rings. The number of carbonyl (C=O) groups excluding carboxylic acids is 3. The molecule has 7 nitrogen and oxygen atoms in total. The zero-order chi connectivity index (χ0) is 20.0. The molecule has 0 saturated carbocycles. The minimum Gasteiger partial charge on any atom is -0.444 e. The molecule has 0 aliphatic carbocycles. The van der Waals surface area contributed by atoms with Gasteiger partial charge in [0.25, 0.3) is 5.91 Å². The Kier molecular flexibility index (Phi) is 7.12. The zero-order valence-corrected chi connectivity index (χ0v) is 16.9. The van der Waals surface area contributed by atoms with Gasteiger partial charge in [0.15, 0.2) is 0 Å². The lowest BCUT2D eigenvalue weighted by Gasteiger charge is -2.23. The first-order chi connectivity index (χ1) is 12.7. The number of hydrogen-bond acceptors (Lipinski definition) is 5. The highest BCUT2D eigenvalue weighted by Crippen LogP contribution is 2.16. The fourth-order valence-corrected chi connectivity index (χ4v) is 3.02. The second kappa shape index (κ2) is 9.12. The van der Waals surface area contributed by atoms with Crippen LogP contribution < -0.4 is 5.32 Å². The highest BCUT2D eigenvalue weighted by molar-refractivity contribution is 7.80. The van der Waals surface area contributed by atoms with Gasteiger partial charge in [0.05, 0.1) is 5.56 Å². The molecular formula is C19H27N3O4S. The summed E-state index contributed by atoms with van der Waals surface area (Å²) >= 11 is 4.35. The lowest BCUT2D eigenvalue weighted by molar-refractivity contribution is -0.130. The van der Waals surface area contributed by atoms with Gasteiger partial charge in [-0.15, -0.1) is 12.6 Å². The second-order valence-electron chi connectivity index (χ2n) is 7.40. The van der Waals surface area contributed by atoms with Crippen molar-refractivity contribution in [3.63, 3.8) is 0 Å². The highest BCUT2D eigenvalue weighted by Gasteiger charge is 2.24. The Morgan fingerprint density at radius 2 is 1.70 bits per heavy atom. The van der Waals surface area contributed by atoms with Crippen molar-refractivity contribution >= 4 is 30.5 Å². The number of ether oxygens (including phenoxy) is 1. The van der Waals surface area contributed by atoms with Gasteiger partial charge in [-0.2, -0.15) is 0 Å². The van der Waals surface area contributed by atoms with Gasteiger partial charge in [-0.05, 0) is 39.3 Å². The molecule has 1 fully saturated rings. The summed E-state index contributed by atoms with van der Waals surface area (Å²) in [5, 5.41) is 2.48. The van der Waals surface area contributed by atoms with Gasteiger partial charge in [0, 0.05) is 31.1 Å². The van der Waals surface area contributed by atoms with Crippen LogP contribution in [-0.4, -0.2) is 66.0 Å².